The highest BCUT2D eigenvalue weighted by molar-refractivity contribution is 7.53. The fourth-order valence-corrected chi connectivity index (χ4v) is 5.55. The van der Waals surface area contributed by atoms with Crippen LogP contribution in [-0.4, -0.2) is 63.2 Å². The van der Waals surface area contributed by atoms with Gasteiger partial charge in [-0.1, -0.05) is 0 Å². The third-order valence-corrected chi connectivity index (χ3v) is 7.29. The topological polar surface area (TPSA) is 144 Å². The van der Waals surface area contributed by atoms with Crippen LogP contribution in [0.2, 0.25) is 0 Å². The van der Waals surface area contributed by atoms with Crippen LogP contribution in [0.15, 0.2) is 12.7 Å². The smallest absolute Gasteiger partial charge is 0.356 e. The van der Waals surface area contributed by atoms with Crippen molar-refractivity contribution in [3.8, 4) is 0 Å². The number of anilines is 1. The molecule has 186 valence electrons. The van der Waals surface area contributed by atoms with Crippen molar-refractivity contribution in [3.05, 3.63) is 12.7 Å². The number of rotatable bonds is 9. The van der Waals surface area contributed by atoms with E-state index in [1.807, 2.05) is 6.92 Å². The van der Waals surface area contributed by atoms with Gasteiger partial charge in [-0.05, 0) is 32.6 Å². The molecule has 1 aliphatic carbocycles. The zero-order valence-corrected chi connectivity index (χ0v) is 20.2. The monoisotopic (exact) mass is 495 g/mol. The summed E-state index contributed by atoms with van der Waals surface area (Å²) in [6.07, 6.45) is 6.61. The van der Waals surface area contributed by atoms with E-state index < -0.39 is 7.60 Å². The van der Waals surface area contributed by atoms with Crippen LogP contribution in [0.3, 0.4) is 0 Å². The molecule has 0 bridgehead atoms. The molecule has 4 rings (SSSR count). The van der Waals surface area contributed by atoms with Crippen LogP contribution in [0.25, 0.3) is 11.2 Å². The Hall–Kier alpha value is -2.40. The number of hydrogen-bond acceptors (Lipinski definition) is 10. The first kappa shape index (κ1) is 24.7. The molecule has 1 aliphatic heterocycles. The van der Waals surface area contributed by atoms with Gasteiger partial charge >= 0.3 is 13.6 Å². The fraction of sp³-hybridized carbons (Fsp3) is 0.667. The first-order chi connectivity index (χ1) is 16.3. The Kier molecular flexibility index (Phi) is 7.92. The van der Waals surface area contributed by atoms with E-state index in [4.69, 9.17) is 18.5 Å². The van der Waals surface area contributed by atoms with Crippen molar-refractivity contribution >= 4 is 36.5 Å². The Morgan fingerprint density at radius 2 is 1.97 bits per heavy atom. The maximum atomic E-state index is 12.8. The van der Waals surface area contributed by atoms with E-state index in [9.17, 15) is 14.2 Å². The molecule has 1 saturated carbocycles. The van der Waals surface area contributed by atoms with Gasteiger partial charge in [-0.15, -0.1) is 0 Å². The molecule has 34 heavy (non-hydrogen) atoms. The number of fused-ring (bicyclic) bond motifs is 1. The van der Waals surface area contributed by atoms with Gasteiger partial charge in [0.15, 0.2) is 17.0 Å². The van der Waals surface area contributed by atoms with Gasteiger partial charge < -0.3 is 28.4 Å². The highest BCUT2D eigenvalue weighted by Crippen LogP contribution is 2.52. The quantitative estimate of drug-likeness (QED) is 0.407. The average molecular weight is 495 g/mol. The second-order valence-corrected chi connectivity index (χ2v) is 10.7. The highest BCUT2D eigenvalue weighted by atomic mass is 31.2. The van der Waals surface area contributed by atoms with Gasteiger partial charge in [-0.2, -0.15) is 0 Å². The van der Waals surface area contributed by atoms with Crippen molar-refractivity contribution in [1.29, 1.82) is 0 Å². The zero-order valence-electron chi connectivity index (χ0n) is 19.3. The third kappa shape index (κ3) is 6.38. The largest absolute Gasteiger partial charge is 0.462 e. The van der Waals surface area contributed by atoms with Crippen LogP contribution in [0.1, 0.15) is 46.0 Å². The van der Waals surface area contributed by atoms with Crippen molar-refractivity contribution in [2.75, 3.05) is 24.9 Å². The normalized spacial score (nSPS) is 24.2. The van der Waals surface area contributed by atoms with Gasteiger partial charge in [0.1, 0.15) is 18.8 Å². The summed E-state index contributed by atoms with van der Waals surface area (Å²) >= 11 is 0. The lowest BCUT2D eigenvalue weighted by Crippen LogP contribution is -2.27. The van der Waals surface area contributed by atoms with Gasteiger partial charge in [0.2, 0.25) is 5.91 Å². The minimum atomic E-state index is -3.41. The minimum absolute atomic E-state index is 0.0231. The molecule has 0 aromatic carbocycles. The van der Waals surface area contributed by atoms with E-state index in [1.165, 1.54) is 13.3 Å². The minimum Gasteiger partial charge on any atom is -0.462 e. The van der Waals surface area contributed by atoms with Gasteiger partial charge in [-0.3, -0.25) is 14.2 Å². The van der Waals surface area contributed by atoms with Gasteiger partial charge in [-0.25, -0.2) is 15.0 Å². The maximum absolute atomic E-state index is 12.8. The van der Waals surface area contributed by atoms with E-state index in [0.29, 0.717) is 23.5 Å². The summed E-state index contributed by atoms with van der Waals surface area (Å²) in [4.78, 5) is 36.0. The first-order valence-corrected chi connectivity index (χ1v) is 13.2. The third-order valence-electron chi connectivity index (χ3n) is 5.74. The van der Waals surface area contributed by atoms with E-state index in [-0.39, 0.29) is 56.0 Å². The molecule has 2 aromatic rings. The van der Waals surface area contributed by atoms with Gasteiger partial charge in [0.25, 0.3) is 0 Å². The second-order valence-electron chi connectivity index (χ2n) is 8.75. The number of carbonyl (C=O) groups excluding carboxylic acids is 2. The van der Waals surface area contributed by atoms with Crippen LogP contribution in [-0.2, 0) is 39.2 Å². The zero-order chi connectivity index (χ0) is 24.1. The predicted molar refractivity (Wildman–Crippen MR) is 121 cm³/mol. The number of carbonyl (C=O) groups is 2. The summed E-state index contributed by atoms with van der Waals surface area (Å²) in [5, 5.41) is 2.62. The molecule has 2 fully saturated rings. The van der Waals surface area contributed by atoms with E-state index in [2.05, 4.69) is 20.3 Å². The number of amides is 1. The lowest BCUT2D eigenvalue weighted by atomic mass is 10.1. The lowest BCUT2D eigenvalue weighted by Gasteiger charge is -2.29. The second kappa shape index (κ2) is 10.9. The SMILES string of the molecule is CC(=O)Nc1ncnc2c1ncn2C[C@@H](C)OCP1(=O)OCC(CC(=O)OC2CCCC2)CO1. The van der Waals surface area contributed by atoms with Crippen molar-refractivity contribution in [1.82, 2.24) is 19.5 Å². The Labute approximate surface area is 197 Å². The van der Waals surface area contributed by atoms with Crippen molar-refractivity contribution in [2.45, 2.75) is 64.7 Å². The molecule has 0 radical (unpaired) electrons. The summed E-state index contributed by atoms with van der Waals surface area (Å²) in [6.45, 7) is 3.90. The van der Waals surface area contributed by atoms with E-state index >= 15 is 0 Å². The van der Waals surface area contributed by atoms with E-state index in [1.54, 1.807) is 10.9 Å². The molecular weight excluding hydrogens is 465 g/mol. The molecule has 3 heterocycles. The number of hydrogen-bond donors (Lipinski definition) is 1. The number of esters is 1. The van der Waals surface area contributed by atoms with Crippen LogP contribution >= 0.6 is 7.60 Å². The molecule has 1 N–H and O–H groups in total. The molecule has 13 heteroatoms. The molecular formula is C21H30N5O7P. The Bertz CT molecular complexity index is 1060. The first-order valence-electron chi connectivity index (χ1n) is 11.4. The molecule has 1 amide bonds. The summed E-state index contributed by atoms with van der Waals surface area (Å²) in [6, 6.07) is 0. The molecule has 1 atom stereocenters. The molecule has 1 saturated heterocycles. The lowest BCUT2D eigenvalue weighted by molar-refractivity contribution is -0.150. The Morgan fingerprint density at radius 3 is 2.68 bits per heavy atom. The van der Waals surface area contributed by atoms with Gasteiger partial charge in [0, 0.05) is 12.8 Å². The van der Waals surface area contributed by atoms with E-state index in [0.717, 1.165) is 25.7 Å². The predicted octanol–water partition coefficient (Wildman–Crippen LogP) is 2.88. The number of aromatic nitrogens is 4. The Balaban J connectivity index is 1.23. The molecule has 12 nitrogen and oxygen atoms in total. The van der Waals surface area contributed by atoms with Gasteiger partial charge in [0.05, 0.1) is 38.6 Å². The maximum Gasteiger partial charge on any atom is 0.356 e. The molecule has 2 aliphatic rings. The van der Waals surface area contributed by atoms with Crippen molar-refractivity contribution < 1.29 is 32.7 Å². The summed E-state index contributed by atoms with van der Waals surface area (Å²) in [7, 11) is -3.41. The summed E-state index contributed by atoms with van der Waals surface area (Å²) in [5.74, 6) is -0.372. The molecule has 0 spiro atoms. The number of ether oxygens (including phenoxy) is 2. The average Bonchev–Trinajstić information content (AvgIpc) is 3.45. The number of nitrogens with zero attached hydrogens (tertiary/aromatic N) is 4. The highest BCUT2D eigenvalue weighted by Gasteiger charge is 2.35. The number of nitrogens with one attached hydrogen (secondary N) is 1. The van der Waals surface area contributed by atoms with Crippen molar-refractivity contribution in [2.24, 2.45) is 5.92 Å². The van der Waals surface area contributed by atoms with Crippen LogP contribution in [0.5, 0.6) is 0 Å². The van der Waals surface area contributed by atoms with Crippen LogP contribution < -0.4 is 5.32 Å². The fourth-order valence-electron chi connectivity index (χ4n) is 4.01. The Morgan fingerprint density at radius 1 is 1.24 bits per heavy atom. The summed E-state index contributed by atoms with van der Waals surface area (Å²) < 4.78 is 36.8. The van der Waals surface area contributed by atoms with Crippen molar-refractivity contribution in [3.63, 3.8) is 0 Å². The molecule has 2 aromatic heterocycles. The summed E-state index contributed by atoms with van der Waals surface area (Å²) in [5.41, 5.74) is 1.01. The molecule has 0 unspecified atom stereocenters. The number of imidazole rings is 1. The van der Waals surface area contributed by atoms with Crippen LogP contribution in [0.4, 0.5) is 5.82 Å². The standard InChI is InChI=1S/C21H30N5O7P/c1-14(8-26-12-24-19-20(25-15(2)27)22-11-23-21(19)26)30-13-34(29)31-9-16(10-32-34)7-18(28)33-17-5-3-4-6-17/h11-12,14,16-17H,3-10,13H2,1-2H3,(H,22,23,25,27)/t14-,16?,34?/m1/s1. The van der Waals surface area contributed by atoms with Crippen LogP contribution in [0, 0.1) is 5.92 Å².